The molecule has 122 valence electrons. The Balaban J connectivity index is 2.13. The van der Waals surface area contributed by atoms with Crippen molar-refractivity contribution in [1.82, 2.24) is 15.6 Å². The van der Waals surface area contributed by atoms with Crippen LogP contribution in [0, 0.1) is 0 Å². The van der Waals surface area contributed by atoms with Crippen molar-refractivity contribution >= 4 is 23.3 Å². The summed E-state index contributed by atoms with van der Waals surface area (Å²) in [6.45, 7) is 2.75. The average molecular weight is 335 g/mol. The molecule has 0 aliphatic carbocycles. The summed E-state index contributed by atoms with van der Waals surface area (Å²) in [5.41, 5.74) is 2.71. The molecule has 2 aromatic rings. The highest BCUT2D eigenvalue weighted by molar-refractivity contribution is 7.13. The molecule has 23 heavy (non-hydrogen) atoms. The summed E-state index contributed by atoms with van der Waals surface area (Å²) in [7, 11) is 0. The Bertz CT molecular complexity index is 687. The summed E-state index contributed by atoms with van der Waals surface area (Å²) in [4.78, 5) is 27.4. The highest BCUT2D eigenvalue weighted by Crippen LogP contribution is 2.34. The van der Waals surface area contributed by atoms with Crippen LogP contribution in [0.1, 0.15) is 17.4 Å². The van der Waals surface area contributed by atoms with Crippen molar-refractivity contribution in [2.24, 2.45) is 0 Å². The molecule has 1 aromatic carbocycles. The van der Waals surface area contributed by atoms with Crippen LogP contribution in [0.5, 0.6) is 5.75 Å². The lowest BCUT2D eigenvalue weighted by Gasteiger charge is -2.10. The quantitative estimate of drug-likeness (QED) is 0.674. The van der Waals surface area contributed by atoms with Gasteiger partial charge in [0.1, 0.15) is 11.4 Å². The molecule has 2 amide bonds. The summed E-state index contributed by atoms with van der Waals surface area (Å²) in [5, 5.41) is 13.3. The van der Waals surface area contributed by atoms with Crippen molar-refractivity contribution in [2.75, 3.05) is 19.7 Å². The van der Waals surface area contributed by atoms with Crippen LogP contribution < -0.4 is 15.4 Å². The number of ether oxygens (including phenoxy) is 1. The van der Waals surface area contributed by atoms with E-state index in [0.29, 0.717) is 18.1 Å². The van der Waals surface area contributed by atoms with Crippen LogP contribution in [0.3, 0.4) is 0 Å². The number of hydrogen-bond donors (Lipinski definition) is 3. The smallest absolute Gasteiger partial charge is 0.404 e. The number of thiazole rings is 1. The first kappa shape index (κ1) is 16.8. The molecule has 3 N–H and O–H groups in total. The van der Waals surface area contributed by atoms with E-state index < -0.39 is 6.09 Å². The van der Waals surface area contributed by atoms with E-state index in [-0.39, 0.29) is 19.0 Å². The van der Waals surface area contributed by atoms with Gasteiger partial charge >= 0.3 is 6.09 Å². The van der Waals surface area contributed by atoms with Crippen LogP contribution in [0.2, 0.25) is 0 Å². The number of carbonyl (C=O) groups excluding carboxylic acids is 1. The summed E-state index contributed by atoms with van der Waals surface area (Å²) in [6, 6.07) is 7.46. The van der Waals surface area contributed by atoms with Crippen LogP contribution in [-0.4, -0.2) is 41.8 Å². The molecule has 0 atom stereocenters. The fourth-order valence-corrected chi connectivity index (χ4v) is 2.78. The van der Waals surface area contributed by atoms with Gasteiger partial charge in [-0.15, -0.1) is 11.3 Å². The van der Waals surface area contributed by atoms with Crippen molar-refractivity contribution in [3.8, 4) is 16.2 Å². The van der Waals surface area contributed by atoms with Gasteiger partial charge in [0.15, 0.2) is 0 Å². The maximum atomic E-state index is 12.2. The van der Waals surface area contributed by atoms with E-state index in [1.807, 2.05) is 31.2 Å². The number of carbonyl (C=O) groups is 2. The van der Waals surface area contributed by atoms with E-state index in [4.69, 9.17) is 9.84 Å². The maximum absolute atomic E-state index is 12.2. The van der Waals surface area contributed by atoms with Gasteiger partial charge in [0.05, 0.1) is 17.0 Å². The lowest BCUT2D eigenvalue weighted by atomic mass is 10.1. The molecule has 0 spiro atoms. The van der Waals surface area contributed by atoms with Crippen molar-refractivity contribution in [1.29, 1.82) is 0 Å². The summed E-state index contributed by atoms with van der Waals surface area (Å²) < 4.78 is 5.59. The highest BCUT2D eigenvalue weighted by atomic mass is 32.1. The molecular weight excluding hydrogens is 318 g/mol. The lowest BCUT2D eigenvalue weighted by molar-refractivity contribution is 0.0949. The number of carboxylic acid groups (broad SMARTS) is 1. The number of amides is 2. The topological polar surface area (TPSA) is 101 Å². The second-order valence-electron chi connectivity index (χ2n) is 4.45. The predicted molar refractivity (Wildman–Crippen MR) is 87.1 cm³/mol. The minimum absolute atomic E-state index is 0.135. The summed E-state index contributed by atoms with van der Waals surface area (Å²) in [5.74, 6) is 0.348. The first-order valence-corrected chi connectivity index (χ1v) is 7.92. The van der Waals surface area contributed by atoms with Gasteiger partial charge < -0.3 is 20.5 Å². The Morgan fingerprint density at radius 1 is 1.26 bits per heavy atom. The van der Waals surface area contributed by atoms with Crippen molar-refractivity contribution in [2.45, 2.75) is 6.92 Å². The first-order valence-electron chi connectivity index (χ1n) is 7.04. The van der Waals surface area contributed by atoms with Gasteiger partial charge in [-0.2, -0.15) is 0 Å². The minimum Gasteiger partial charge on any atom is -0.493 e. The maximum Gasteiger partial charge on any atom is 0.404 e. The van der Waals surface area contributed by atoms with Gasteiger partial charge in [-0.3, -0.25) is 4.79 Å². The predicted octanol–water partition coefficient (Wildman–Crippen LogP) is 2.21. The molecule has 0 saturated heterocycles. The Morgan fingerprint density at radius 3 is 2.74 bits per heavy atom. The monoisotopic (exact) mass is 335 g/mol. The van der Waals surface area contributed by atoms with Gasteiger partial charge in [0.25, 0.3) is 5.91 Å². The van der Waals surface area contributed by atoms with Crippen LogP contribution >= 0.6 is 11.3 Å². The summed E-state index contributed by atoms with van der Waals surface area (Å²) >= 11 is 1.35. The minimum atomic E-state index is -1.13. The zero-order valence-corrected chi connectivity index (χ0v) is 13.4. The Hall–Kier alpha value is -2.61. The zero-order valence-electron chi connectivity index (χ0n) is 12.5. The molecule has 2 rings (SSSR count). The third kappa shape index (κ3) is 4.43. The SMILES string of the molecule is CCOc1ccccc1-c1scnc1C(=O)NCCNC(=O)O. The van der Waals surface area contributed by atoms with Crippen molar-refractivity contribution in [3.63, 3.8) is 0 Å². The van der Waals surface area contributed by atoms with Gasteiger partial charge in [-0.1, -0.05) is 12.1 Å². The molecule has 0 aliphatic heterocycles. The molecule has 0 aliphatic rings. The lowest BCUT2D eigenvalue weighted by Crippen LogP contribution is -2.34. The molecular formula is C15H17N3O4S. The van der Waals surface area contributed by atoms with Crippen LogP contribution in [0.25, 0.3) is 10.4 Å². The van der Waals surface area contributed by atoms with Crippen LogP contribution in [0.15, 0.2) is 29.8 Å². The molecule has 0 unspecified atom stereocenters. The first-order chi connectivity index (χ1) is 11.1. The molecule has 0 fully saturated rings. The molecule has 1 heterocycles. The van der Waals surface area contributed by atoms with Crippen LogP contribution in [0.4, 0.5) is 4.79 Å². The largest absolute Gasteiger partial charge is 0.493 e. The molecule has 0 saturated carbocycles. The summed E-state index contributed by atoms with van der Waals surface area (Å²) in [6.07, 6.45) is -1.13. The Kier molecular flexibility index (Phi) is 5.93. The number of nitrogens with zero attached hydrogens (tertiary/aromatic N) is 1. The third-order valence-electron chi connectivity index (χ3n) is 2.90. The number of aromatic nitrogens is 1. The van der Waals surface area contributed by atoms with Gasteiger partial charge in [-0.05, 0) is 19.1 Å². The fraction of sp³-hybridized carbons (Fsp3) is 0.267. The van der Waals surface area contributed by atoms with Crippen LogP contribution in [-0.2, 0) is 0 Å². The average Bonchev–Trinajstić information content (AvgIpc) is 3.01. The fourth-order valence-electron chi connectivity index (χ4n) is 1.96. The number of rotatable bonds is 7. The van der Waals surface area contributed by atoms with E-state index in [1.165, 1.54) is 11.3 Å². The molecule has 0 bridgehead atoms. The van der Waals surface area contributed by atoms with E-state index in [1.54, 1.807) is 5.51 Å². The van der Waals surface area contributed by atoms with E-state index in [9.17, 15) is 9.59 Å². The molecule has 1 aromatic heterocycles. The van der Waals surface area contributed by atoms with Crippen molar-refractivity contribution < 1.29 is 19.4 Å². The second kappa shape index (κ2) is 8.14. The zero-order chi connectivity index (χ0) is 16.7. The van der Waals surface area contributed by atoms with Crippen molar-refractivity contribution in [3.05, 3.63) is 35.5 Å². The van der Waals surface area contributed by atoms with Gasteiger partial charge in [-0.25, -0.2) is 9.78 Å². The highest BCUT2D eigenvalue weighted by Gasteiger charge is 2.18. The third-order valence-corrected chi connectivity index (χ3v) is 3.76. The van der Waals surface area contributed by atoms with Gasteiger partial charge in [0.2, 0.25) is 0 Å². The molecule has 0 radical (unpaired) electrons. The number of para-hydroxylation sites is 1. The standard InChI is InChI=1S/C15H17N3O4S/c1-2-22-11-6-4-3-5-10(11)13-12(18-9-23-13)14(19)16-7-8-17-15(20)21/h3-6,9,17H,2,7-8H2,1H3,(H,16,19)(H,20,21). The molecule has 7 nitrogen and oxygen atoms in total. The number of hydrogen-bond acceptors (Lipinski definition) is 5. The normalized spacial score (nSPS) is 10.1. The Morgan fingerprint density at radius 2 is 2.00 bits per heavy atom. The number of nitrogens with one attached hydrogen (secondary N) is 2. The van der Waals surface area contributed by atoms with E-state index >= 15 is 0 Å². The Labute approximate surface area is 137 Å². The van der Waals surface area contributed by atoms with Gasteiger partial charge in [0, 0.05) is 18.7 Å². The van der Waals surface area contributed by atoms with E-state index in [0.717, 1.165) is 10.4 Å². The second-order valence-corrected chi connectivity index (χ2v) is 5.30. The number of benzene rings is 1. The van der Waals surface area contributed by atoms with E-state index in [2.05, 4.69) is 15.6 Å². The molecule has 8 heteroatoms.